The lowest BCUT2D eigenvalue weighted by Gasteiger charge is -1.96. The fourth-order valence-electron chi connectivity index (χ4n) is 1.51. The van der Waals surface area contributed by atoms with Crippen LogP contribution >= 0.6 is 11.3 Å². The highest BCUT2D eigenvalue weighted by atomic mass is 32.1. The van der Waals surface area contributed by atoms with Gasteiger partial charge in [0.05, 0.1) is 19.2 Å². The van der Waals surface area contributed by atoms with Gasteiger partial charge in [-0.3, -0.25) is 4.79 Å². The van der Waals surface area contributed by atoms with E-state index in [1.54, 1.807) is 11.3 Å². The first kappa shape index (κ1) is 11.8. The number of benzene rings is 1. The zero-order chi connectivity index (χ0) is 12.3. The van der Waals surface area contributed by atoms with E-state index in [2.05, 4.69) is 9.72 Å². The number of esters is 1. The molecule has 3 nitrogen and oxygen atoms in total. The van der Waals surface area contributed by atoms with Crippen LogP contribution in [0.25, 0.3) is 10.6 Å². The molecule has 17 heavy (non-hydrogen) atoms. The Morgan fingerprint density at radius 2 is 2.06 bits per heavy atom. The smallest absolute Gasteiger partial charge is 0.311 e. The van der Waals surface area contributed by atoms with E-state index in [-0.39, 0.29) is 12.4 Å². The van der Waals surface area contributed by atoms with E-state index in [1.165, 1.54) is 7.11 Å². The Morgan fingerprint density at radius 1 is 1.35 bits per heavy atom. The van der Waals surface area contributed by atoms with Crippen LogP contribution in [0.1, 0.15) is 10.6 Å². The maximum Gasteiger partial charge on any atom is 0.311 e. The number of carbonyl (C=O) groups excluding carboxylic acids is 1. The van der Waals surface area contributed by atoms with Crippen LogP contribution in [0.4, 0.5) is 0 Å². The second-order valence-electron chi connectivity index (χ2n) is 3.64. The molecule has 0 aliphatic heterocycles. The highest BCUT2D eigenvalue weighted by Gasteiger charge is 2.12. The minimum Gasteiger partial charge on any atom is -0.469 e. The van der Waals surface area contributed by atoms with Crippen LogP contribution < -0.4 is 0 Å². The number of hydrogen-bond acceptors (Lipinski definition) is 4. The van der Waals surface area contributed by atoms with Crippen molar-refractivity contribution in [2.24, 2.45) is 0 Å². The summed E-state index contributed by atoms with van der Waals surface area (Å²) < 4.78 is 4.65. The van der Waals surface area contributed by atoms with E-state index >= 15 is 0 Å². The molecule has 0 amide bonds. The molecule has 0 aliphatic carbocycles. The van der Waals surface area contributed by atoms with Crippen LogP contribution in [-0.4, -0.2) is 18.1 Å². The van der Waals surface area contributed by atoms with Gasteiger partial charge in [-0.15, -0.1) is 11.3 Å². The van der Waals surface area contributed by atoms with Gasteiger partial charge in [0.1, 0.15) is 5.01 Å². The van der Waals surface area contributed by atoms with Crippen molar-refractivity contribution in [3.05, 3.63) is 40.9 Å². The van der Waals surface area contributed by atoms with Gasteiger partial charge < -0.3 is 4.74 Å². The van der Waals surface area contributed by atoms with Crippen molar-refractivity contribution in [2.75, 3.05) is 7.11 Å². The highest BCUT2D eigenvalue weighted by Crippen LogP contribution is 2.27. The summed E-state index contributed by atoms with van der Waals surface area (Å²) in [7, 11) is 1.39. The van der Waals surface area contributed by atoms with Crippen molar-refractivity contribution in [1.29, 1.82) is 0 Å². The molecule has 0 saturated heterocycles. The summed E-state index contributed by atoms with van der Waals surface area (Å²) >= 11 is 1.60. The molecule has 88 valence electrons. The summed E-state index contributed by atoms with van der Waals surface area (Å²) in [5.74, 6) is -0.252. The van der Waals surface area contributed by atoms with Crippen molar-refractivity contribution >= 4 is 17.3 Å². The Hall–Kier alpha value is -1.68. The van der Waals surface area contributed by atoms with E-state index in [9.17, 15) is 4.79 Å². The van der Waals surface area contributed by atoms with Crippen LogP contribution in [0.5, 0.6) is 0 Å². The van der Waals surface area contributed by atoms with E-state index in [0.29, 0.717) is 0 Å². The molecule has 2 rings (SSSR count). The van der Waals surface area contributed by atoms with E-state index in [4.69, 9.17) is 0 Å². The Morgan fingerprint density at radius 3 is 2.71 bits per heavy atom. The lowest BCUT2D eigenvalue weighted by molar-refractivity contribution is -0.139. The van der Waals surface area contributed by atoms with Gasteiger partial charge in [0.15, 0.2) is 0 Å². The Kier molecular flexibility index (Phi) is 3.54. The molecule has 0 unspecified atom stereocenters. The number of thiazole rings is 1. The second-order valence-corrected chi connectivity index (χ2v) is 4.84. The molecule has 0 spiro atoms. The summed E-state index contributed by atoms with van der Waals surface area (Å²) in [4.78, 5) is 16.8. The van der Waals surface area contributed by atoms with Crippen LogP contribution in [0.15, 0.2) is 30.3 Å². The third kappa shape index (κ3) is 2.71. The van der Waals surface area contributed by atoms with Crippen molar-refractivity contribution in [3.63, 3.8) is 0 Å². The third-order valence-electron chi connectivity index (χ3n) is 2.45. The van der Waals surface area contributed by atoms with Gasteiger partial charge in [-0.05, 0) is 6.92 Å². The molecule has 1 heterocycles. The largest absolute Gasteiger partial charge is 0.469 e. The zero-order valence-corrected chi connectivity index (χ0v) is 10.6. The number of nitrogens with zero attached hydrogens (tertiary/aromatic N) is 1. The molecule has 0 radical (unpaired) electrons. The average molecular weight is 247 g/mol. The quantitative estimate of drug-likeness (QED) is 0.783. The molecule has 0 saturated carbocycles. The van der Waals surface area contributed by atoms with Crippen LogP contribution in [0.3, 0.4) is 0 Å². The predicted octanol–water partition coefficient (Wildman–Crippen LogP) is 2.83. The number of aromatic nitrogens is 1. The molecule has 1 aromatic heterocycles. The van der Waals surface area contributed by atoms with Crippen LogP contribution in [0, 0.1) is 6.92 Å². The van der Waals surface area contributed by atoms with Crippen LogP contribution in [-0.2, 0) is 16.0 Å². The molecular formula is C13H13NO2S. The number of methoxy groups -OCH3 is 1. The highest BCUT2D eigenvalue weighted by molar-refractivity contribution is 7.15. The van der Waals surface area contributed by atoms with Crippen molar-refractivity contribution in [3.8, 4) is 10.6 Å². The number of hydrogen-bond donors (Lipinski definition) is 0. The Labute approximate surface area is 104 Å². The molecule has 0 N–H and O–H groups in total. The van der Waals surface area contributed by atoms with Gasteiger partial charge in [0.2, 0.25) is 0 Å². The first-order valence-electron chi connectivity index (χ1n) is 5.29. The van der Waals surface area contributed by atoms with Gasteiger partial charge in [0, 0.05) is 10.4 Å². The number of carbonyl (C=O) groups is 1. The fourth-order valence-corrected chi connectivity index (χ4v) is 2.44. The fraction of sp³-hybridized carbons (Fsp3) is 0.231. The molecule has 0 aliphatic rings. The van der Waals surface area contributed by atoms with E-state index in [0.717, 1.165) is 21.1 Å². The van der Waals surface area contributed by atoms with Crippen LogP contribution in [0.2, 0.25) is 0 Å². The average Bonchev–Trinajstić information content (AvgIpc) is 2.72. The third-order valence-corrected chi connectivity index (χ3v) is 3.52. The summed E-state index contributed by atoms with van der Waals surface area (Å²) in [6.45, 7) is 1.97. The van der Waals surface area contributed by atoms with Gasteiger partial charge in [-0.2, -0.15) is 0 Å². The summed E-state index contributed by atoms with van der Waals surface area (Å²) in [6, 6.07) is 9.96. The molecule has 0 fully saturated rings. The number of aryl methyl sites for hydroxylation is 1. The Balaban J connectivity index is 2.28. The summed E-state index contributed by atoms with van der Waals surface area (Å²) in [6.07, 6.45) is 0.242. The topological polar surface area (TPSA) is 39.2 Å². The molecular weight excluding hydrogens is 234 g/mol. The molecule has 2 aromatic rings. The lowest BCUT2D eigenvalue weighted by Crippen LogP contribution is -2.05. The number of ether oxygens (including phenoxy) is 1. The molecule has 0 bridgehead atoms. The summed E-state index contributed by atoms with van der Waals surface area (Å²) in [5.41, 5.74) is 1.89. The number of rotatable bonds is 3. The second kappa shape index (κ2) is 5.10. The van der Waals surface area contributed by atoms with Gasteiger partial charge in [0.25, 0.3) is 0 Å². The SMILES string of the molecule is COC(=O)Cc1nc(-c2ccccc2)sc1C. The van der Waals surface area contributed by atoms with Crippen molar-refractivity contribution in [2.45, 2.75) is 13.3 Å². The van der Waals surface area contributed by atoms with Crippen molar-refractivity contribution in [1.82, 2.24) is 4.98 Å². The monoisotopic (exact) mass is 247 g/mol. The summed E-state index contributed by atoms with van der Waals surface area (Å²) in [5, 5.41) is 0.946. The van der Waals surface area contributed by atoms with Gasteiger partial charge >= 0.3 is 5.97 Å². The Bertz CT molecular complexity index is 519. The molecule has 0 atom stereocenters. The minimum absolute atomic E-state index is 0.242. The predicted molar refractivity (Wildman–Crippen MR) is 68.0 cm³/mol. The maximum atomic E-state index is 11.2. The van der Waals surface area contributed by atoms with E-state index < -0.39 is 0 Å². The first-order chi connectivity index (χ1) is 8.20. The van der Waals surface area contributed by atoms with Gasteiger partial charge in [-0.1, -0.05) is 30.3 Å². The maximum absolute atomic E-state index is 11.2. The standard InChI is InChI=1S/C13H13NO2S/c1-9-11(8-12(15)16-2)14-13(17-9)10-6-4-3-5-7-10/h3-7H,8H2,1-2H3. The normalized spacial score (nSPS) is 10.2. The lowest BCUT2D eigenvalue weighted by atomic mass is 10.2. The van der Waals surface area contributed by atoms with Crippen molar-refractivity contribution < 1.29 is 9.53 Å². The van der Waals surface area contributed by atoms with Gasteiger partial charge in [-0.25, -0.2) is 4.98 Å². The first-order valence-corrected chi connectivity index (χ1v) is 6.11. The zero-order valence-electron chi connectivity index (χ0n) is 9.77. The molecule has 4 heteroatoms. The minimum atomic E-state index is -0.252. The van der Waals surface area contributed by atoms with E-state index in [1.807, 2.05) is 37.3 Å². The molecule has 1 aromatic carbocycles.